The first-order valence-electron chi connectivity index (χ1n) is 12.9. The number of benzene rings is 3. The van der Waals surface area contributed by atoms with Crippen molar-refractivity contribution in [1.82, 2.24) is 10.9 Å². The van der Waals surface area contributed by atoms with E-state index in [1.807, 2.05) is 79.7 Å². The number of nitrogens with one attached hydrogen (secondary N) is 2. The van der Waals surface area contributed by atoms with Gasteiger partial charge in [0.25, 0.3) is 5.91 Å². The van der Waals surface area contributed by atoms with Crippen LogP contribution in [-0.4, -0.2) is 55.4 Å². The normalized spacial score (nSPS) is 18.3. The molecule has 1 heterocycles. The molecule has 0 saturated heterocycles. The molecule has 206 valence electrons. The number of nitrogens with zero attached hydrogens (tertiary/aromatic N) is 1. The molecular formula is C30H34BrN3O5. The van der Waals surface area contributed by atoms with Gasteiger partial charge in [-0.3, -0.25) is 10.2 Å². The van der Waals surface area contributed by atoms with Gasteiger partial charge in [-0.1, -0.05) is 40.2 Å². The Labute approximate surface area is 237 Å². The van der Waals surface area contributed by atoms with Gasteiger partial charge in [0.2, 0.25) is 5.90 Å². The maximum Gasteiger partial charge on any atom is 0.266 e. The van der Waals surface area contributed by atoms with Crippen LogP contribution in [-0.2, 0) is 22.4 Å². The molecule has 9 heteroatoms. The number of aliphatic hydroxyl groups excluding tert-OH is 1. The average molecular weight is 597 g/mol. The molecule has 0 aromatic heterocycles. The quantitative estimate of drug-likeness (QED) is 0.202. The number of aliphatic imine (C=N–C) groups is 1. The van der Waals surface area contributed by atoms with E-state index in [1.165, 1.54) is 0 Å². The lowest BCUT2D eigenvalue weighted by Gasteiger charge is -2.28. The molecule has 39 heavy (non-hydrogen) atoms. The van der Waals surface area contributed by atoms with Crippen molar-refractivity contribution in [2.24, 2.45) is 4.99 Å². The van der Waals surface area contributed by atoms with Gasteiger partial charge in [0, 0.05) is 36.0 Å². The Balaban J connectivity index is 1.50. The Hall–Kier alpha value is -3.40. The van der Waals surface area contributed by atoms with Crippen molar-refractivity contribution in [2.45, 2.75) is 37.8 Å². The van der Waals surface area contributed by atoms with Gasteiger partial charge < -0.3 is 19.3 Å². The number of carbonyl (C=O) groups is 1. The van der Waals surface area contributed by atoms with Crippen LogP contribution in [0.2, 0.25) is 0 Å². The van der Waals surface area contributed by atoms with Crippen molar-refractivity contribution in [3.05, 3.63) is 94.0 Å². The van der Waals surface area contributed by atoms with Gasteiger partial charge in [0.05, 0.1) is 13.7 Å². The second kappa shape index (κ2) is 13.6. The Kier molecular flexibility index (Phi) is 9.97. The zero-order valence-electron chi connectivity index (χ0n) is 22.2. The second-order valence-electron chi connectivity index (χ2n) is 9.34. The van der Waals surface area contributed by atoms with E-state index < -0.39 is 11.6 Å². The number of halogens is 1. The summed E-state index contributed by atoms with van der Waals surface area (Å²) in [6.07, 6.45) is 1.15. The van der Waals surface area contributed by atoms with E-state index >= 15 is 0 Å². The number of hydrogen-bond acceptors (Lipinski definition) is 7. The number of aliphatic hydroxyl groups is 1. The minimum Gasteiger partial charge on any atom is -0.497 e. The molecular weight excluding hydrogens is 562 g/mol. The van der Waals surface area contributed by atoms with Crippen LogP contribution in [0.25, 0.3) is 0 Å². The monoisotopic (exact) mass is 595 g/mol. The summed E-state index contributed by atoms with van der Waals surface area (Å²) in [4.78, 5) is 18.6. The Morgan fingerprint density at radius 1 is 1.08 bits per heavy atom. The van der Waals surface area contributed by atoms with Crippen molar-refractivity contribution in [3.63, 3.8) is 0 Å². The molecule has 3 aromatic carbocycles. The van der Waals surface area contributed by atoms with E-state index in [0.29, 0.717) is 44.1 Å². The molecule has 3 aromatic rings. The van der Waals surface area contributed by atoms with Crippen molar-refractivity contribution < 1.29 is 24.1 Å². The van der Waals surface area contributed by atoms with Crippen LogP contribution >= 0.6 is 15.9 Å². The third kappa shape index (κ3) is 7.38. The summed E-state index contributed by atoms with van der Waals surface area (Å²) in [6, 6.07) is 23.1. The summed E-state index contributed by atoms with van der Waals surface area (Å²) < 4.78 is 18.1. The largest absolute Gasteiger partial charge is 0.497 e. The highest BCUT2D eigenvalue weighted by molar-refractivity contribution is 9.10. The van der Waals surface area contributed by atoms with Gasteiger partial charge in [-0.15, -0.1) is 0 Å². The maximum absolute atomic E-state index is 13.7. The average Bonchev–Trinajstić information content (AvgIpc) is 3.29. The minimum absolute atomic E-state index is 0.0823. The topological polar surface area (TPSA) is 101 Å². The summed E-state index contributed by atoms with van der Waals surface area (Å²) in [5, 5.41) is 8.95. The van der Waals surface area contributed by atoms with Gasteiger partial charge in [0.1, 0.15) is 17.6 Å². The number of methoxy groups -OCH3 is 1. The van der Waals surface area contributed by atoms with Crippen LogP contribution in [0.1, 0.15) is 30.0 Å². The number of hydrogen-bond donors (Lipinski definition) is 3. The molecule has 4 rings (SSSR count). The summed E-state index contributed by atoms with van der Waals surface area (Å²) in [7, 11) is 1.64. The third-order valence-corrected chi connectivity index (χ3v) is 7.12. The molecule has 1 aliphatic rings. The molecule has 0 aliphatic carbocycles. The number of hydrazine groups is 1. The lowest BCUT2D eigenvalue weighted by Crippen LogP contribution is -2.56. The highest BCUT2D eigenvalue weighted by Gasteiger charge is 2.50. The van der Waals surface area contributed by atoms with Gasteiger partial charge in [0.15, 0.2) is 5.54 Å². The van der Waals surface area contributed by atoms with E-state index in [0.717, 1.165) is 26.9 Å². The lowest BCUT2D eigenvalue weighted by molar-refractivity contribution is -0.129. The van der Waals surface area contributed by atoms with Gasteiger partial charge >= 0.3 is 0 Å². The van der Waals surface area contributed by atoms with Crippen LogP contribution < -0.4 is 20.3 Å². The first-order valence-corrected chi connectivity index (χ1v) is 13.7. The number of ether oxygens (including phenoxy) is 3. The standard InChI is InChI=1S/C30H34BrN3O5/c1-21-30(20-23-7-11-25(31)12-8-23,29(36)34-32-16-15-22-5-3-6-27(19-22)37-2)33-28(39-21)24-9-13-26(14-10-24)38-18-4-17-35/h3,5-14,19,21,32,35H,4,15-18,20H2,1-2H3,(H,34,36)/t21-,30-/m0/s1. The number of amides is 1. The van der Waals surface area contributed by atoms with Crippen molar-refractivity contribution in [2.75, 3.05) is 26.9 Å². The molecule has 0 radical (unpaired) electrons. The van der Waals surface area contributed by atoms with Gasteiger partial charge in [-0.2, -0.15) is 0 Å². The molecule has 1 amide bonds. The lowest BCUT2D eigenvalue weighted by atomic mass is 9.86. The Bertz CT molecular complexity index is 1270. The third-order valence-electron chi connectivity index (χ3n) is 6.59. The SMILES string of the molecule is COc1cccc(CCNNC(=O)[C@@]2(Cc3ccc(Br)cc3)N=C(c3ccc(OCCCO)cc3)O[C@H]2C)c1. The highest BCUT2D eigenvalue weighted by Crippen LogP contribution is 2.33. The zero-order valence-corrected chi connectivity index (χ0v) is 23.7. The molecule has 0 bridgehead atoms. The molecule has 2 atom stereocenters. The van der Waals surface area contributed by atoms with Crippen molar-refractivity contribution in [1.29, 1.82) is 0 Å². The van der Waals surface area contributed by atoms with Gasteiger partial charge in [-0.25, -0.2) is 10.4 Å². The van der Waals surface area contributed by atoms with E-state index in [2.05, 4.69) is 26.8 Å². The van der Waals surface area contributed by atoms with Crippen LogP contribution in [0, 0.1) is 0 Å². The smallest absolute Gasteiger partial charge is 0.266 e. The van der Waals surface area contributed by atoms with Crippen molar-refractivity contribution in [3.8, 4) is 11.5 Å². The summed E-state index contributed by atoms with van der Waals surface area (Å²) in [5.74, 6) is 1.64. The number of carbonyl (C=O) groups excluding carboxylic acids is 1. The molecule has 3 N–H and O–H groups in total. The molecule has 0 fully saturated rings. The first-order chi connectivity index (χ1) is 18.9. The predicted molar refractivity (Wildman–Crippen MR) is 154 cm³/mol. The van der Waals surface area contributed by atoms with Crippen LogP contribution in [0.15, 0.2) is 82.3 Å². The molecule has 0 spiro atoms. The molecule has 1 aliphatic heterocycles. The van der Waals surface area contributed by atoms with Crippen molar-refractivity contribution >= 4 is 27.7 Å². The maximum atomic E-state index is 13.7. The Morgan fingerprint density at radius 3 is 2.56 bits per heavy atom. The highest BCUT2D eigenvalue weighted by atomic mass is 79.9. The summed E-state index contributed by atoms with van der Waals surface area (Å²) in [5.41, 5.74) is 7.61. The fourth-order valence-corrected chi connectivity index (χ4v) is 4.61. The van der Waals surface area contributed by atoms with Gasteiger partial charge in [-0.05, 0) is 73.0 Å². The first kappa shape index (κ1) is 28.6. The van der Waals surface area contributed by atoms with Crippen LogP contribution in [0.5, 0.6) is 11.5 Å². The molecule has 0 saturated carbocycles. The summed E-state index contributed by atoms with van der Waals surface area (Å²) >= 11 is 3.48. The summed E-state index contributed by atoms with van der Waals surface area (Å²) in [6.45, 7) is 2.93. The zero-order chi connectivity index (χ0) is 27.7. The fraction of sp³-hybridized carbons (Fsp3) is 0.333. The van der Waals surface area contributed by atoms with Crippen LogP contribution in [0.3, 0.4) is 0 Å². The molecule has 0 unspecified atom stereocenters. The predicted octanol–water partition coefficient (Wildman–Crippen LogP) is 4.23. The van der Waals surface area contributed by atoms with E-state index in [4.69, 9.17) is 24.3 Å². The second-order valence-corrected chi connectivity index (χ2v) is 10.3. The fourth-order valence-electron chi connectivity index (χ4n) is 4.34. The number of rotatable bonds is 13. The van der Waals surface area contributed by atoms with Crippen LogP contribution in [0.4, 0.5) is 0 Å². The minimum atomic E-state index is -1.16. The van der Waals surface area contributed by atoms with E-state index in [1.54, 1.807) is 7.11 Å². The Morgan fingerprint density at radius 2 is 1.85 bits per heavy atom. The van der Waals surface area contributed by atoms with E-state index in [9.17, 15) is 4.79 Å². The molecule has 8 nitrogen and oxygen atoms in total. The van der Waals surface area contributed by atoms with E-state index in [-0.39, 0.29) is 12.5 Å².